The molecule has 1 aromatic carbocycles. The van der Waals surface area contributed by atoms with Crippen LogP contribution in [0, 0.1) is 10.1 Å². The highest BCUT2D eigenvalue weighted by Crippen LogP contribution is 2.33. The molecule has 26 heavy (non-hydrogen) atoms. The van der Waals surface area contributed by atoms with E-state index in [0.717, 1.165) is 16.8 Å². The summed E-state index contributed by atoms with van der Waals surface area (Å²) >= 11 is 18.3. The van der Waals surface area contributed by atoms with Crippen molar-refractivity contribution in [1.82, 2.24) is 5.01 Å². The molecule has 132 valence electrons. The number of rotatable bonds is 4. The maximum absolute atomic E-state index is 12.4. The molecule has 2 aromatic rings. The van der Waals surface area contributed by atoms with Gasteiger partial charge < -0.3 is 4.42 Å². The Bertz CT molecular complexity index is 967. The van der Waals surface area contributed by atoms with Gasteiger partial charge in [0.2, 0.25) is 0 Å². The highest BCUT2D eigenvalue weighted by molar-refractivity contribution is 8.26. The molecule has 0 atom stereocenters. The van der Waals surface area contributed by atoms with Gasteiger partial charge in [-0.25, -0.2) is 0 Å². The Morgan fingerprint density at radius 3 is 2.58 bits per heavy atom. The van der Waals surface area contributed by atoms with Gasteiger partial charge in [0.25, 0.3) is 5.91 Å². The Morgan fingerprint density at radius 1 is 1.27 bits per heavy atom. The van der Waals surface area contributed by atoms with Crippen LogP contribution < -0.4 is 0 Å². The highest BCUT2D eigenvalue weighted by Gasteiger charge is 2.32. The fourth-order valence-electron chi connectivity index (χ4n) is 1.96. The fourth-order valence-corrected chi connectivity index (χ4v) is 3.60. The lowest BCUT2D eigenvalue weighted by atomic mass is 10.2. The summed E-state index contributed by atoms with van der Waals surface area (Å²) in [6.07, 6.45) is 2.71. The Labute approximate surface area is 166 Å². The number of thioether (sulfide) groups is 1. The summed E-state index contributed by atoms with van der Waals surface area (Å²) in [6, 6.07) is 7.56. The Hall–Kier alpha value is -2.20. The first-order valence-corrected chi connectivity index (χ1v) is 8.85. The number of furan rings is 1. The lowest BCUT2D eigenvalue weighted by Crippen LogP contribution is -2.22. The summed E-state index contributed by atoms with van der Waals surface area (Å²) in [4.78, 5) is 22.6. The van der Waals surface area contributed by atoms with Gasteiger partial charge in [0.15, 0.2) is 4.32 Å². The minimum absolute atomic E-state index is 0.162. The number of benzene rings is 1. The highest BCUT2D eigenvalue weighted by atomic mass is 35.5. The SMILES string of the molecule is O=C1/C(=C\c2ccc([N+](=O)[O-])o2)SC(=S)N1/N=C/c1c(Cl)cccc1Cl. The Morgan fingerprint density at radius 2 is 1.96 bits per heavy atom. The van der Waals surface area contributed by atoms with Gasteiger partial charge in [-0.1, -0.05) is 41.0 Å². The zero-order chi connectivity index (χ0) is 18.8. The van der Waals surface area contributed by atoms with Gasteiger partial charge in [0, 0.05) is 11.6 Å². The van der Waals surface area contributed by atoms with Crippen molar-refractivity contribution in [3.8, 4) is 0 Å². The minimum atomic E-state index is -0.666. The maximum Gasteiger partial charge on any atom is 0.433 e. The van der Waals surface area contributed by atoms with Crippen molar-refractivity contribution in [3.63, 3.8) is 0 Å². The van der Waals surface area contributed by atoms with Crippen LogP contribution in [-0.2, 0) is 4.79 Å². The van der Waals surface area contributed by atoms with E-state index < -0.39 is 16.7 Å². The zero-order valence-corrected chi connectivity index (χ0v) is 15.7. The summed E-state index contributed by atoms with van der Waals surface area (Å²) < 4.78 is 5.21. The van der Waals surface area contributed by atoms with Crippen LogP contribution in [0.2, 0.25) is 10.0 Å². The van der Waals surface area contributed by atoms with Crippen LogP contribution in [0.5, 0.6) is 0 Å². The van der Waals surface area contributed by atoms with Crippen molar-refractivity contribution in [1.29, 1.82) is 0 Å². The molecule has 1 saturated heterocycles. The van der Waals surface area contributed by atoms with Crippen molar-refractivity contribution >= 4 is 75.6 Å². The largest absolute Gasteiger partial charge is 0.433 e. The molecule has 0 N–H and O–H groups in total. The predicted molar refractivity (Wildman–Crippen MR) is 104 cm³/mol. The van der Waals surface area contributed by atoms with E-state index in [-0.39, 0.29) is 15.0 Å². The Balaban J connectivity index is 1.83. The molecule has 0 aliphatic carbocycles. The molecule has 3 rings (SSSR count). The van der Waals surface area contributed by atoms with E-state index >= 15 is 0 Å². The van der Waals surface area contributed by atoms with Crippen molar-refractivity contribution in [2.45, 2.75) is 0 Å². The monoisotopic (exact) mass is 427 g/mol. The second-order valence-electron chi connectivity index (χ2n) is 4.81. The van der Waals surface area contributed by atoms with E-state index in [1.807, 2.05) is 0 Å². The average molecular weight is 428 g/mol. The van der Waals surface area contributed by atoms with E-state index in [2.05, 4.69) is 5.10 Å². The van der Waals surface area contributed by atoms with E-state index in [1.54, 1.807) is 18.2 Å². The van der Waals surface area contributed by atoms with E-state index in [1.165, 1.54) is 24.4 Å². The summed E-state index contributed by atoms with van der Waals surface area (Å²) in [5, 5.41) is 16.5. The molecule has 0 radical (unpaired) electrons. The average Bonchev–Trinajstić information content (AvgIpc) is 3.14. The molecule has 0 bridgehead atoms. The van der Waals surface area contributed by atoms with E-state index in [9.17, 15) is 14.9 Å². The van der Waals surface area contributed by atoms with Crippen molar-refractivity contribution in [2.75, 3.05) is 0 Å². The number of amides is 1. The van der Waals surface area contributed by atoms with Crippen LogP contribution in [0.1, 0.15) is 11.3 Å². The van der Waals surface area contributed by atoms with Crippen LogP contribution in [0.15, 0.2) is 44.8 Å². The van der Waals surface area contributed by atoms with Crippen molar-refractivity contribution in [3.05, 3.63) is 66.7 Å². The van der Waals surface area contributed by atoms with Gasteiger partial charge in [-0.05, 0) is 30.4 Å². The number of carbonyl (C=O) groups is 1. The number of nitrogens with zero attached hydrogens (tertiary/aromatic N) is 3. The second kappa shape index (κ2) is 7.58. The fraction of sp³-hybridized carbons (Fsp3) is 0. The van der Waals surface area contributed by atoms with Crippen LogP contribution in [0.25, 0.3) is 6.08 Å². The predicted octanol–water partition coefficient (Wildman–Crippen LogP) is 4.73. The normalized spacial score (nSPS) is 16.2. The third kappa shape index (κ3) is 3.80. The second-order valence-corrected chi connectivity index (χ2v) is 7.30. The van der Waals surface area contributed by atoms with Crippen LogP contribution >= 0.6 is 47.2 Å². The molecule has 1 amide bonds. The number of nitro groups is 1. The molecular formula is C15H7Cl2N3O4S2. The van der Waals surface area contributed by atoms with Crippen LogP contribution in [0.3, 0.4) is 0 Å². The lowest BCUT2D eigenvalue weighted by Gasteiger charge is -2.07. The van der Waals surface area contributed by atoms with Crippen LogP contribution in [-0.4, -0.2) is 26.4 Å². The number of thiocarbonyl (C=S) groups is 1. The van der Waals surface area contributed by atoms with Crippen molar-refractivity contribution in [2.24, 2.45) is 5.10 Å². The van der Waals surface area contributed by atoms with Gasteiger partial charge in [-0.15, -0.1) is 0 Å². The standard InChI is InChI=1S/C15H7Cl2N3O4S2/c16-10-2-1-3-11(17)9(10)7-18-19-14(21)12(26-15(19)25)6-8-4-5-13(24-8)20(22)23/h1-7H/b12-6+,18-7+. The number of carbonyl (C=O) groups excluding carboxylic acids is 1. The maximum atomic E-state index is 12.4. The van der Waals surface area contributed by atoms with E-state index in [0.29, 0.717) is 15.6 Å². The molecule has 7 nitrogen and oxygen atoms in total. The molecule has 2 heterocycles. The first-order valence-electron chi connectivity index (χ1n) is 6.87. The minimum Gasteiger partial charge on any atom is -0.401 e. The van der Waals surface area contributed by atoms with Crippen LogP contribution in [0.4, 0.5) is 5.88 Å². The molecule has 1 aromatic heterocycles. The van der Waals surface area contributed by atoms with Crippen molar-refractivity contribution < 1.29 is 14.1 Å². The number of hydrogen-bond donors (Lipinski definition) is 0. The number of halogens is 2. The molecule has 0 unspecified atom stereocenters. The quantitative estimate of drug-likeness (QED) is 0.230. The molecule has 11 heteroatoms. The third-order valence-electron chi connectivity index (χ3n) is 3.14. The molecule has 1 aliphatic rings. The van der Waals surface area contributed by atoms with Gasteiger partial charge >= 0.3 is 5.88 Å². The molecule has 1 aliphatic heterocycles. The third-order valence-corrected chi connectivity index (χ3v) is 5.08. The molecule has 0 spiro atoms. The number of hydrazone groups is 1. The topological polar surface area (TPSA) is 88.9 Å². The summed E-state index contributed by atoms with van der Waals surface area (Å²) in [7, 11) is 0. The molecule has 0 saturated carbocycles. The summed E-state index contributed by atoms with van der Waals surface area (Å²) in [5.74, 6) is -0.744. The summed E-state index contributed by atoms with van der Waals surface area (Å²) in [6.45, 7) is 0. The molecule has 1 fully saturated rings. The van der Waals surface area contributed by atoms with Gasteiger partial charge in [-0.3, -0.25) is 14.9 Å². The summed E-state index contributed by atoms with van der Waals surface area (Å²) in [5.41, 5.74) is 0.454. The Kier molecular flexibility index (Phi) is 5.42. The zero-order valence-electron chi connectivity index (χ0n) is 12.6. The van der Waals surface area contributed by atoms with Gasteiger partial charge in [0.05, 0.1) is 27.2 Å². The van der Waals surface area contributed by atoms with Gasteiger partial charge in [-0.2, -0.15) is 10.1 Å². The lowest BCUT2D eigenvalue weighted by molar-refractivity contribution is -0.402. The van der Waals surface area contributed by atoms with Gasteiger partial charge in [0.1, 0.15) is 10.7 Å². The smallest absolute Gasteiger partial charge is 0.401 e. The van der Waals surface area contributed by atoms with E-state index in [4.69, 9.17) is 39.8 Å². The number of hydrogen-bond acceptors (Lipinski definition) is 7. The first kappa shape index (κ1) is 18.6. The first-order chi connectivity index (χ1) is 12.4. The molecular weight excluding hydrogens is 421 g/mol.